The number of hydrogen-bond donors (Lipinski definition) is 2. The molecule has 0 fully saturated rings. The number of hydrogen-bond acceptors (Lipinski definition) is 8. The third-order valence-electron chi connectivity index (χ3n) is 11.1. The van der Waals surface area contributed by atoms with E-state index in [1.54, 1.807) is 36.4 Å². The number of nitrogens with one attached hydrogen (secondary N) is 1. The van der Waals surface area contributed by atoms with E-state index in [0.29, 0.717) is 50.8 Å². The second-order valence-corrected chi connectivity index (χ2v) is 15.9. The quantitative estimate of drug-likeness (QED) is 0.117. The van der Waals surface area contributed by atoms with Crippen molar-refractivity contribution in [3.8, 4) is 40.2 Å². The Morgan fingerprint density at radius 1 is 0.903 bits per heavy atom. The van der Waals surface area contributed by atoms with Gasteiger partial charge in [0, 0.05) is 25.1 Å². The van der Waals surface area contributed by atoms with Crippen LogP contribution in [-0.2, 0) is 42.1 Å². The van der Waals surface area contributed by atoms with Crippen LogP contribution in [-0.4, -0.2) is 47.7 Å². The molecule has 3 atom stereocenters. The molecule has 62 heavy (non-hydrogen) atoms. The number of carboxylic acid groups (broad SMARTS) is 1. The number of ether oxygens (including phenoxy) is 4. The van der Waals surface area contributed by atoms with Gasteiger partial charge in [-0.3, -0.25) is 9.69 Å². The Morgan fingerprint density at radius 2 is 1.61 bits per heavy atom. The predicted molar refractivity (Wildman–Crippen MR) is 232 cm³/mol. The number of carbonyl (C=O) groups is 2. The summed E-state index contributed by atoms with van der Waals surface area (Å²) in [4.78, 5) is 28.7. The number of carboxylic acids is 1. The summed E-state index contributed by atoms with van der Waals surface area (Å²) >= 11 is 12.2. The first-order valence-electron chi connectivity index (χ1n) is 19.8. The van der Waals surface area contributed by atoms with Crippen LogP contribution in [0.25, 0.3) is 11.1 Å². The number of benzene rings is 6. The number of nitriles is 1. The molecule has 0 saturated heterocycles. The maximum atomic E-state index is 15.4. The van der Waals surface area contributed by atoms with Gasteiger partial charge in [-0.1, -0.05) is 83.9 Å². The van der Waals surface area contributed by atoms with Crippen LogP contribution in [0.2, 0.25) is 10.0 Å². The fourth-order valence-corrected chi connectivity index (χ4v) is 8.05. The molecule has 2 heterocycles. The molecule has 8 rings (SSSR count). The van der Waals surface area contributed by atoms with Gasteiger partial charge in [-0.25, -0.2) is 9.18 Å². The molecule has 0 spiro atoms. The van der Waals surface area contributed by atoms with E-state index in [1.165, 1.54) is 13.2 Å². The molecule has 6 aromatic rings. The van der Waals surface area contributed by atoms with E-state index in [1.807, 2.05) is 83.8 Å². The van der Waals surface area contributed by atoms with Crippen molar-refractivity contribution in [1.29, 1.82) is 5.26 Å². The van der Waals surface area contributed by atoms with E-state index >= 15 is 4.39 Å². The van der Waals surface area contributed by atoms with Crippen LogP contribution in [0.5, 0.6) is 23.0 Å². The molecule has 6 aromatic carbocycles. The van der Waals surface area contributed by atoms with Gasteiger partial charge in [0.1, 0.15) is 36.6 Å². The first kappa shape index (κ1) is 42.1. The Bertz CT molecular complexity index is 2650. The average molecular weight is 873 g/mol. The molecule has 0 aliphatic carbocycles. The van der Waals surface area contributed by atoms with Crippen LogP contribution in [0.4, 0.5) is 4.39 Å². The topological polar surface area (TPSA) is 130 Å². The van der Waals surface area contributed by atoms with Gasteiger partial charge >= 0.3 is 5.97 Å². The highest BCUT2D eigenvalue weighted by Gasteiger charge is 2.36. The van der Waals surface area contributed by atoms with E-state index in [4.69, 9.17) is 47.4 Å². The second-order valence-electron chi connectivity index (χ2n) is 15.1. The van der Waals surface area contributed by atoms with Crippen LogP contribution in [0.1, 0.15) is 45.0 Å². The molecule has 0 aromatic heterocycles. The number of rotatable bonds is 13. The number of amides is 1. The molecule has 2 N–H and O–H groups in total. The molecule has 10 nitrogen and oxygen atoms in total. The van der Waals surface area contributed by atoms with Gasteiger partial charge in [-0.05, 0) is 106 Å². The van der Waals surface area contributed by atoms with Crippen LogP contribution in [0.3, 0.4) is 0 Å². The highest BCUT2D eigenvalue weighted by Crippen LogP contribution is 2.41. The van der Waals surface area contributed by atoms with Crippen LogP contribution in [0.15, 0.2) is 121 Å². The van der Waals surface area contributed by atoms with Crippen LogP contribution in [0, 0.1) is 17.1 Å². The Kier molecular flexibility index (Phi) is 12.6. The maximum absolute atomic E-state index is 15.4. The van der Waals surface area contributed by atoms with Gasteiger partial charge < -0.3 is 29.4 Å². The lowest BCUT2D eigenvalue weighted by molar-refractivity contribution is -0.142. The predicted octanol–water partition coefficient (Wildman–Crippen LogP) is 9.51. The summed E-state index contributed by atoms with van der Waals surface area (Å²) in [7, 11) is 1.46. The molecule has 1 amide bonds. The Hall–Kier alpha value is -6.58. The van der Waals surface area contributed by atoms with E-state index in [-0.39, 0.29) is 38.1 Å². The van der Waals surface area contributed by atoms with Crippen molar-refractivity contribution in [1.82, 2.24) is 10.2 Å². The Balaban J connectivity index is 0.990. The second kappa shape index (κ2) is 18.6. The third kappa shape index (κ3) is 9.48. The van der Waals surface area contributed by atoms with Crippen molar-refractivity contribution in [2.45, 2.75) is 50.7 Å². The fourth-order valence-electron chi connectivity index (χ4n) is 7.73. The largest absolute Gasteiger partial charge is 0.496 e. The maximum Gasteiger partial charge on any atom is 0.326 e. The lowest BCUT2D eigenvalue weighted by Gasteiger charge is -2.38. The normalized spacial score (nSPS) is 16.0. The zero-order valence-corrected chi connectivity index (χ0v) is 35.0. The van der Waals surface area contributed by atoms with Crippen molar-refractivity contribution in [2.24, 2.45) is 0 Å². The third-order valence-corrected chi connectivity index (χ3v) is 11.8. The summed E-state index contributed by atoms with van der Waals surface area (Å²) in [6, 6.07) is 35.8. The molecule has 2 aliphatic rings. The molecule has 1 unspecified atom stereocenters. The van der Waals surface area contributed by atoms with Crippen LogP contribution < -0.4 is 24.3 Å². The van der Waals surface area contributed by atoms with Gasteiger partial charge in [-0.2, -0.15) is 5.26 Å². The molecule has 0 saturated carbocycles. The van der Waals surface area contributed by atoms with E-state index in [0.717, 1.165) is 33.4 Å². The van der Waals surface area contributed by atoms with Crippen LogP contribution >= 0.6 is 23.2 Å². The number of carbonyl (C=O) groups excluding carboxylic acids is 1. The number of halogens is 3. The summed E-state index contributed by atoms with van der Waals surface area (Å²) < 4.78 is 39.6. The van der Waals surface area contributed by atoms with Crippen molar-refractivity contribution in [3.05, 3.63) is 176 Å². The van der Waals surface area contributed by atoms with E-state index in [9.17, 15) is 14.7 Å². The standard InChI is InChI=1S/C49H40Cl2FN3O7/c1-59-44-4-2-3-41(52)38(44)26-55-25-36-23-46-45(61-28-47(62-46)34-14-16-37(17-15-34)60-27-31-9-18-39(50)40(51)19-31)22-35(36)21-43(55)48(56)54-42(49(57)58)20-29-5-10-32(11-6-29)33-12-7-30(24-53)8-13-33/h2-19,22-23,42-43,47H,20-21,25-28H2,1H3,(H,54,56)(H,57,58)/t42?,43-,47+/m0/s1. The summed E-state index contributed by atoms with van der Waals surface area (Å²) in [6.45, 7) is 0.801. The van der Waals surface area contributed by atoms with Gasteiger partial charge in [0.25, 0.3) is 0 Å². The number of nitrogens with zero attached hydrogens (tertiary/aromatic N) is 2. The molecule has 314 valence electrons. The van der Waals surface area contributed by atoms with Crippen molar-refractivity contribution in [3.63, 3.8) is 0 Å². The first-order chi connectivity index (χ1) is 30.0. The van der Waals surface area contributed by atoms with Gasteiger partial charge in [-0.15, -0.1) is 0 Å². The summed E-state index contributed by atoms with van der Waals surface area (Å²) in [5.41, 5.74) is 6.81. The van der Waals surface area contributed by atoms with Gasteiger partial charge in [0.2, 0.25) is 5.91 Å². The summed E-state index contributed by atoms with van der Waals surface area (Å²) in [5, 5.41) is 23.1. The molecule has 0 radical (unpaired) electrons. The molecular formula is C49H40Cl2FN3O7. The smallest absolute Gasteiger partial charge is 0.326 e. The number of aliphatic carboxylic acids is 1. The lowest BCUT2D eigenvalue weighted by atomic mass is 9.91. The molecule has 2 aliphatic heterocycles. The highest BCUT2D eigenvalue weighted by molar-refractivity contribution is 6.42. The molecular weight excluding hydrogens is 832 g/mol. The summed E-state index contributed by atoms with van der Waals surface area (Å²) in [5.74, 6) is -0.128. The minimum atomic E-state index is -1.24. The Labute approximate surface area is 367 Å². The fraction of sp³-hybridized carbons (Fsp3) is 0.204. The first-order valence-corrected chi connectivity index (χ1v) is 20.6. The molecule has 13 heteroatoms. The SMILES string of the molecule is COc1cccc(F)c1CN1Cc2cc3c(cc2C[C@H]1C(=O)NC(Cc1ccc(-c2ccc(C#N)cc2)cc1)C(=O)O)OC[C@H](c1ccc(OCc2ccc(Cl)c(Cl)c2)cc1)O3. The number of methoxy groups -OCH3 is 1. The highest BCUT2D eigenvalue weighted by atomic mass is 35.5. The van der Waals surface area contributed by atoms with Crippen molar-refractivity contribution < 1.29 is 38.0 Å². The van der Waals surface area contributed by atoms with Crippen molar-refractivity contribution in [2.75, 3.05) is 13.7 Å². The zero-order chi connectivity index (χ0) is 43.3. The van der Waals surface area contributed by atoms with Gasteiger partial charge in [0.15, 0.2) is 17.6 Å². The van der Waals surface area contributed by atoms with E-state index in [2.05, 4.69) is 11.4 Å². The van der Waals surface area contributed by atoms with Crippen molar-refractivity contribution >= 4 is 35.1 Å². The number of fused-ring (bicyclic) bond motifs is 2. The Morgan fingerprint density at radius 3 is 2.31 bits per heavy atom. The monoisotopic (exact) mass is 871 g/mol. The molecule has 0 bridgehead atoms. The zero-order valence-electron chi connectivity index (χ0n) is 33.4. The summed E-state index contributed by atoms with van der Waals surface area (Å²) in [6.07, 6.45) is -0.174. The minimum absolute atomic E-state index is 0.0124. The lowest BCUT2D eigenvalue weighted by Crippen LogP contribution is -2.54. The minimum Gasteiger partial charge on any atom is -0.496 e. The average Bonchev–Trinajstić information content (AvgIpc) is 3.29. The van der Waals surface area contributed by atoms with Gasteiger partial charge in [0.05, 0.1) is 34.8 Å². The van der Waals surface area contributed by atoms with E-state index < -0.39 is 35.9 Å².